The van der Waals surface area contributed by atoms with E-state index in [0.717, 1.165) is 16.1 Å². The van der Waals surface area contributed by atoms with E-state index in [0.29, 0.717) is 31.4 Å². The van der Waals surface area contributed by atoms with Gasteiger partial charge in [-0.05, 0) is 74.6 Å². The van der Waals surface area contributed by atoms with Crippen molar-refractivity contribution in [3.8, 4) is 0 Å². The van der Waals surface area contributed by atoms with E-state index >= 15 is 0 Å². The van der Waals surface area contributed by atoms with E-state index in [1.165, 1.54) is 54.4 Å². The molecule has 3 aromatic carbocycles. The summed E-state index contributed by atoms with van der Waals surface area (Å²) in [5.74, 6) is -2.98. The number of hydrogen-bond donors (Lipinski definition) is 4. The van der Waals surface area contributed by atoms with Crippen molar-refractivity contribution in [1.29, 1.82) is 0 Å². The summed E-state index contributed by atoms with van der Waals surface area (Å²) < 4.78 is 39.3. The molecule has 49 heavy (non-hydrogen) atoms. The number of hydrogen-bond acceptors (Lipinski definition) is 7. The minimum Gasteiger partial charge on any atom is -0.480 e. The Morgan fingerprint density at radius 3 is 2.16 bits per heavy atom. The molecule has 3 aromatic rings. The lowest BCUT2D eigenvalue weighted by Gasteiger charge is -2.27. The van der Waals surface area contributed by atoms with Crippen LogP contribution in [0.4, 0.5) is 10.1 Å². The number of nitrogens with one attached hydrogen (secondary N) is 3. The smallest absolute Gasteiger partial charge is 0.326 e. The monoisotopic (exact) mass is 695 g/mol. The Hall–Kier alpha value is -4.82. The van der Waals surface area contributed by atoms with Gasteiger partial charge in [0.2, 0.25) is 15.9 Å². The summed E-state index contributed by atoms with van der Waals surface area (Å²) >= 11 is 0. The highest BCUT2D eigenvalue weighted by Crippen LogP contribution is 2.23. The van der Waals surface area contributed by atoms with Gasteiger partial charge in [0.1, 0.15) is 11.9 Å². The Balaban J connectivity index is 1.57. The summed E-state index contributed by atoms with van der Waals surface area (Å²) in [6.45, 7) is 3.85. The van der Waals surface area contributed by atoms with E-state index in [4.69, 9.17) is 0 Å². The maximum absolute atomic E-state index is 13.8. The molecule has 0 radical (unpaired) electrons. The summed E-state index contributed by atoms with van der Waals surface area (Å²) in [6.07, 6.45) is 2.36. The molecule has 1 fully saturated rings. The van der Waals surface area contributed by atoms with E-state index in [-0.39, 0.29) is 29.3 Å². The third kappa shape index (κ3) is 9.86. The standard InChI is InChI=1S/C35H42FN5O7S/c1-22(25-12-14-28(36)15-13-25)38-32(42)26-18-27(20-30(19-26)40(3)49(4,47)48)33(43)39-29(17-24-9-6-5-7-10-24)21-37-23(2)34(44)41-16-8-11-31(41)35(45)46/h5-7,9-10,12-15,18-20,22-23,29,31,37H,8,11,16-17,21H2,1-4H3,(H,38,42)(H,39,43)(H,45,46)/t22-,23+,29+,31?/m1/s1. The molecule has 0 aromatic heterocycles. The van der Waals surface area contributed by atoms with Gasteiger partial charge in [-0.3, -0.25) is 18.7 Å². The third-order valence-corrected chi connectivity index (χ3v) is 9.75. The Bertz CT molecular complexity index is 1770. The van der Waals surface area contributed by atoms with Crippen molar-refractivity contribution in [3.05, 3.63) is 101 Å². The molecule has 1 saturated heterocycles. The first-order chi connectivity index (χ1) is 23.1. The van der Waals surface area contributed by atoms with Gasteiger partial charge in [-0.15, -0.1) is 0 Å². The summed E-state index contributed by atoms with van der Waals surface area (Å²) in [4.78, 5) is 53.4. The van der Waals surface area contributed by atoms with Gasteiger partial charge in [0.25, 0.3) is 11.8 Å². The van der Waals surface area contributed by atoms with Crippen molar-refractivity contribution in [3.63, 3.8) is 0 Å². The Labute approximate surface area is 285 Å². The average Bonchev–Trinajstić information content (AvgIpc) is 3.57. The molecule has 1 aliphatic heterocycles. The number of aliphatic carboxylic acids is 1. The Morgan fingerprint density at radius 1 is 0.959 bits per heavy atom. The van der Waals surface area contributed by atoms with Crippen molar-refractivity contribution in [2.45, 2.75) is 57.3 Å². The fourth-order valence-corrected chi connectivity index (χ4v) is 6.13. The number of carbonyl (C=O) groups excluding carboxylic acids is 3. The van der Waals surface area contributed by atoms with Gasteiger partial charge in [0.15, 0.2) is 0 Å². The van der Waals surface area contributed by atoms with E-state index < -0.39 is 57.8 Å². The molecule has 1 heterocycles. The highest BCUT2D eigenvalue weighted by molar-refractivity contribution is 7.92. The van der Waals surface area contributed by atoms with E-state index in [9.17, 15) is 37.1 Å². The average molecular weight is 696 g/mol. The summed E-state index contributed by atoms with van der Waals surface area (Å²) in [7, 11) is -2.46. The van der Waals surface area contributed by atoms with Crippen LogP contribution in [0.15, 0.2) is 72.8 Å². The van der Waals surface area contributed by atoms with Crippen LogP contribution in [0, 0.1) is 5.82 Å². The SMILES string of the molecule is C[C@H](NC[C@H](Cc1ccccc1)NC(=O)c1cc(C(=O)N[C@H](C)c2ccc(F)cc2)cc(N(C)S(C)(=O)=O)c1)C(=O)N1CCCC1C(=O)O. The summed E-state index contributed by atoms with van der Waals surface area (Å²) in [5.41, 5.74) is 1.69. The minimum atomic E-state index is -3.77. The third-order valence-electron chi connectivity index (χ3n) is 8.54. The van der Waals surface area contributed by atoms with Gasteiger partial charge >= 0.3 is 5.97 Å². The quantitative estimate of drug-likeness (QED) is 0.200. The predicted octanol–water partition coefficient (Wildman–Crippen LogP) is 3.11. The first-order valence-corrected chi connectivity index (χ1v) is 17.8. The number of nitrogens with zero attached hydrogens (tertiary/aromatic N) is 2. The van der Waals surface area contributed by atoms with Gasteiger partial charge in [-0.1, -0.05) is 42.5 Å². The number of carboxylic acids is 1. The van der Waals surface area contributed by atoms with Gasteiger partial charge < -0.3 is 26.0 Å². The van der Waals surface area contributed by atoms with Crippen molar-refractivity contribution >= 4 is 39.4 Å². The number of sulfonamides is 1. The normalized spacial score (nSPS) is 16.3. The molecule has 12 nitrogen and oxygen atoms in total. The lowest BCUT2D eigenvalue weighted by atomic mass is 10.0. The molecule has 0 spiro atoms. The topological polar surface area (TPSA) is 165 Å². The van der Waals surface area contributed by atoms with E-state index in [1.807, 2.05) is 30.3 Å². The van der Waals surface area contributed by atoms with Gasteiger partial charge in [-0.25, -0.2) is 17.6 Å². The lowest BCUT2D eigenvalue weighted by Crippen LogP contribution is -2.52. The first-order valence-electron chi connectivity index (χ1n) is 15.9. The lowest BCUT2D eigenvalue weighted by molar-refractivity contribution is -0.148. The highest BCUT2D eigenvalue weighted by atomic mass is 32.2. The number of amides is 3. The number of carbonyl (C=O) groups is 4. The molecular formula is C35H42FN5O7S. The van der Waals surface area contributed by atoms with Gasteiger partial charge in [0, 0.05) is 37.3 Å². The highest BCUT2D eigenvalue weighted by Gasteiger charge is 2.36. The zero-order valence-electron chi connectivity index (χ0n) is 27.9. The predicted molar refractivity (Wildman–Crippen MR) is 183 cm³/mol. The van der Waals surface area contributed by atoms with Crippen LogP contribution >= 0.6 is 0 Å². The summed E-state index contributed by atoms with van der Waals surface area (Å²) in [6, 6.07) is 16.4. The maximum atomic E-state index is 13.8. The van der Waals surface area contributed by atoms with Crippen LogP contribution in [0.25, 0.3) is 0 Å². The van der Waals surface area contributed by atoms with Crippen LogP contribution in [0.5, 0.6) is 0 Å². The van der Waals surface area contributed by atoms with Crippen LogP contribution in [-0.2, 0) is 26.0 Å². The van der Waals surface area contributed by atoms with Crippen LogP contribution in [0.3, 0.4) is 0 Å². The molecule has 0 bridgehead atoms. The number of likely N-dealkylation sites (tertiary alicyclic amines) is 1. The number of carboxylic acid groups (broad SMARTS) is 1. The molecule has 14 heteroatoms. The van der Waals surface area contributed by atoms with Crippen molar-refractivity contribution in [2.75, 3.05) is 30.7 Å². The first kappa shape index (κ1) is 37.0. The number of anilines is 1. The van der Waals surface area contributed by atoms with Crippen LogP contribution < -0.4 is 20.3 Å². The molecule has 4 N–H and O–H groups in total. The summed E-state index contributed by atoms with van der Waals surface area (Å²) in [5, 5.41) is 18.4. The van der Waals surface area contributed by atoms with Crippen molar-refractivity contribution in [2.24, 2.45) is 0 Å². The van der Waals surface area contributed by atoms with Gasteiger partial charge in [-0.2, -0.15) is 0 Å². The second-order valence-electron chi connectivity index (χ2n) is 12.3. The second-order valence-corrected chi connectivity index (χ2v) is 14.3. The molecule has 0 aliphatic carbocycles. The van der Waals surface area contributed by atoms with Gasteiger partial charge in [0.05, 0.1) is 24.0 Å². The molecule has 4 atom stereocenters. The van der Waals surface area contributed by atoms with E-state index in [2.05, 4.69) is 16.0 Å². The number of rotatable bonds is 14. The molecule has 1 aliphatic rings. The molecule has 0 saturated carbocycles. The Morgan fingerprint density at radius 2 is 1.57 bits per heavy atom. The molecular weight excluding hydrogens is 653 g/mol. The zero-order chi connectivity index (χ0) is 35.9. The van der Waals surface area contributed by atoms with Crippen molar-refractivity contribution < 1.29 is 37.1 Å². The molecule has 1 unspecified atom stereocenters. The second kappa shape index (κ2) is 16.1. The van der Waals surface area contributed by atoms with Crippen LogP contribution in [0.2, 0.25) is 0 Å². The number of halogens is 1. The Kier molecular flexibility index (Phi) is 12.1. The van der Waals surface area contributed by atoms with Crippen LogP contribution in [-0.4, -0.2) is 86.6 Å². The molecule has 4 rings (SSSR count). The fraction of sp³-hybridized carbons (Fsp3) is 0.371. The minimum absolute atomic E-state index is 0.0242. The number of benzene rings is 3. The maximum Gasteiger partial charge on any atom is 0.326 e. The zero-order valence-corrected chi connectivity index (χ0v) is 28.7. The van der Waals surface area contributed by atoms with Crippen molar-refractivity contribution in [1.82, 2.24) is 20.9 Å². The molecule has 262 valence electrons. The van der Waals surface area contributed by atoms with E-state index in [1.54, 1.807) is 13.8 Å². The molecule has 3 amide bonds. The fourth-order valence-electron chi connectivity index (χ4n) is 5.65. The largest absolute Gasteiger partial charge is 0.480 e. The van der Waals surface area contributed by atoms with Crippen LogP contribution in [0.1, 0.15) is 64.6 Å².